The molecule has 26 heavy (non-hydrogen) atoms. The first-order chi connectivity index (χ1) is 12.6. The number of urea groups is 1. The van der Waals surface area contributed by atoms with E-state index in [4.69, 9.17) is 5.73 Å². The second-order valence-corrected chi connectivity index (χ2v) is 6.69. The average molecular weight is 352 g/mol. The Labute approximate surface area is 153 Å². The van der Waals surface area contributed by atoms with E-state index in [9.17, 15) is 9.59 Å². The Morgan fingerprint density at radius 2 is 2.04 bits per heavy atom. The summed E-state index contributed by atoms with van der Waals surface area (Å²) in [7, 11) is 0. The minimum atomic E-state index is -0.977. The van der Waals surface area contributed by atoms with E-state index < -0.39 is 11.6 Å². The first-order valence-electron chi connectivity index (χ1n) is 8.85. The SMILES string of the molecule is C[C@H](c1ccccc1)C1(C(=O)NCc2cccnc2)CCCN1C(N)=O. The molecule has 3 amide bonds. The normalized spacial score (nSPS) is 20.6. The highest BCUT2D eigenvalue weighted by Gasteiger charge is 2.53. The van der Waals surface area contributed by atoms with Crippen LogP contribution in [0.1, 0.15) is 36.8 Å². The van der Waals surface area contributed by atoms with Crippen LogP contribution in [-0.2, 0) is 11.3 Å². The molecule has 6 nitrogen and oxygen atoms in total. The minimum absolute atomic E-state index is 0.172. The van der Waals surface area contributed by atoms with Crippen LogP contribution in [0, 0.1) is 0 Å². The van der Waals surface area contributed by atoms with E-state index in [0.717, 1.165) is 17.5 Å². The number of carbonyl (C=O) groups excluding carboxylic acids is 2. The second-order valence-electron chi connectivity index (χ2n) is 6.69. The first-order valence-corrected chi connectivity index (χ1v) is 8.85. The number of carbonyl (C=O) groups is 2. The smallest absolute Gasteiger partial charge is 0.315 e. The fourth-order valence-corrected chi connectivity index (χ4v) is 3.89. The van der Waals surface area contributed by atoms with Gasteiger partial charge in [0.2, 0.25) is 5.91 Å². The molecule has 0 saturated carbocycles. The van der Waals surface area contributed by atoms with Crippen LogP contribution in [0.4, 0.5) is 4.79 Å². The Bertz CT molecular complexity index is 766. The summed E-state index contributed by atoms with van der Waals surface area (Å²) in [6.07, 6.45) is 4.75. The summed E-state index contributed by atoms with van der Waals surface area (Å²) in [5, 5.41) is 2.99. The lowest BCUT2D eigenvalue weighted by molar-refractivity contribution is -0.131. The number of hydrogen-bond donors (Lipinski definition) is 2. The van der Waals surface area contributed by atoms with Crippen molar-refractivity contribution in [1.29, 1.82) is 0 Å². The molecule has 2 heterocycles. The fraction of sp³-hybridized carbons (Fsp3) is 0.350. The maximum absolute atomic E-state index is 13.3. The van der Waals surface area contributed by atoms with Crippen LogP contribution in [0.2, 0.25) is 0 Å². The summed E-state index contributed by atoms with van der Waals surface area (Å²) in [6.45, 7) is 2.84. The molecule has 3 rings (SSSR count). The van der Waals surface area contributed by atoms with E-state index in [0.29, 0.717) is 19.5 Å². The molecule has 1 aromatic carbocycles. The quantitative estimate of drug-likeness (QED) is 0.866. The fourth-order valence-electron chi connectivity index (χ4n) is 3.89. The van der Waals surface area contributed by atoms with E-state index in [-0.39, 0.29) is 11.8 Å². The van der Waals surface area contributed by atoms with Gasteiger partial charge < -0.3 is 16.0 Å². The number of primary amides is 1. The minimum Gasteiger partial charge on any atom is -0.351 e. The monoisotopic (exact) mass is 352 g/mol. The van der Waals surface area contributed by atoms with Crippen molar-refractivity contribution in [2.24, 2.45) is 5.73 Å². The number of pyridine rings is 1. The predicted octanol–water partition coefficient (Wildman–Crippen LogP) is 2.41. The number of nitrogens with one attached hydrogen (secondary N) is 1. The Morgan fingerprint density at radius 3 is 2.69 bits per heavy atom. The molecule has 0 aliphatic carbocycles. The topological polar surface area (TPSA) is 88.3 Å². The van der Waals surface area contributed by atoms with Crippen LogP contribution in [0.5, 0.6) is 0 Å². The van der Waals surface area contributed by atoms with Gasteiger partial charge in [-0.3, -0.25) is 9.78 Å². The third-order valence-electron chi connectivity index (χ3n) is 5.27. The molecule has 3 N–H and O–H groups in total. The maximum atomic E-state index is 13.3. The van der Waals surface area contributed by atoms with Crippen LogP contribution < -0.4 is 11.1 Å². The number of rotatable bonds is 5. The van der Waals surface area contributed by atoms with Crippen LogP contribution in [0.25, 0.3) is 0 Å². The van der Waals surface area contributed by atoms with E-state index in [1.165, 1.54) is 4.90 Å². The van der Waals surface area contributed by atoms with Gasteiger partial charge in [0.15, 0.2) is 0 Å². The highest BCUT2D eigenvalue weighted by Crippen LogP contribution is 2.41. The van der Waals surface area contributed by atoms with Crippen molar-refractivity contribution in [2.45, 2.75) is 37.8 Å². The predicted molar refractivity (Wildman–Crippen MR) is 99.2 cm³/mol. The van der Waals surface area contributed by atoms with E-state index in [1.54, 1.807) is 12.4 Å². The molecule has 1 aromatic heterocycles. The summed E-state index contributed by atoms with van der Waals surface area (Å²) in [5.74, 6) is -0.346. The Morgan fingerprint density at radius 1 is 1.27 bits per heavy atom. The van der Waals surface area contributed by atoms with Gasteiger partial charge >= 0.3 is 6.03 Å². The molecule has 0 spiro atoms. The zero-order valence-corrected chi connectivity index (χ0v) is 14.9. The highest BCUT2D eigenvalue weighted by atomic mass is 16.2. The number of amides is 3. The molecular weight excluding hydrogens is 328 g/mol. The van der Waals surface area contributed by atoms with Crippen molar-refractivity contribution in [3.05, 3.63) is 66.0 Å². The van der Waals surface area contributed by atoms with Crippen molar-refractivity contribution in [1.82, 2.24) is 15.2 Å². The van der Waals surface area contributed by atoms with Crippen LogP contribution >= 0.6 is 0 Å². The van der Waals surface area contributed by atoms with Crippen LogP contribution in [0.3, 0.4) is 0 Å². The lowest BCUT2D eigenvalue weighted by Gasteiger charge is -2.41. The van der Waals surface area contributed by atoms with Crippen LogP contribution in [0.15, 0.2) is 54.9 Å². The summed E-state index contributed by atoms with van der Waals surface area (Å²) in [4.78, 5) is 31.0. The number of hydrogen-bond acceptors (Lipinski definition) is 3. The second kappa shape index (κ2) is 7.56. The molecule has 1 unspecified atom stereocenters. The van der Waals surface area contributed by atoms with Crippen molar-refractivity contribution >= 4 is 11.9 Å². The largest absolute Gasteiger partial charge is 0.351 e. The lowest BCUT2D eigenvalue weighted by atomic mass is 9.77. The maximum Gasteiger partial charge on any atom is 0.315 e. The number of benzene rings is 1. The third-order valence-corrected chi connectivity index (χ3v) is 5.27. The van der Waals surface area contributed by atoms with Gasteiger partial charge in [-0.1, -0.05) is 43.3 Å². The molecular formula is C20H24N4O2. The molecule has 136 valence electrons. The van der Waals surface area contributed by atoms with Crippen molar-refractivity contribution in [3.63, 3.8) is 0 Å². The highest BCUT2D eigenvalue weighted by molar-refractivity contribution is 5.92. The van der Waals surface area contributed by atoms with Gasteiger partial charge in [-0.15, -0.1) is 0 Å². The van der Waals surface area contributed by atoms with Gasteiger partial charge in [-0.05, 0) is 30.0 Å². The van der Waals surface area contributed by atoms with Gasteiger partial charge in [0.25, 0.3) is 0 Å². The van der Waals surface area contributed by atoms with E-state index in [2.05, 4.69) is 10.3 Å². The standard InChI is InChI=1S/C20H24N4O2/c1-15(17-8-3-2-4-9-17)20(10-6-12-24(20)19(21)26)18(25)23-14-16-7-5-11-22-13-16/h2-5,7-9,11,13,15H,6,10,12,14H2,1H3,(H2,21,26)(H,23,25)/t15-,20?/m1/s1. The van der Waals surface area contributed by atoms with Gasteiger partial charge in [-0.25, -0.2) is 4.79 Å². The Balaban J connectivity index is 1.90. The average Bonchev–Trinajstić information content (AvgIpc) is 3.13. The van der Waals surface area contributed by atoms with Gasteiger partial charge in [-0.2, -0.15) is 0 Å². The van der Waals surface area contributed by atoms with Gasteiger partial charge in [0, 0.05) is 31.4 Å². The van der Waals surface area contributed by atoms with Crippen LogP contribution in [-0.4, -0.2) is 33.9 Å². The molecule has 1 saturated heterocycles. The summed E-state index contributed by atoms with van der Waals surface area (Å²) < 4.78 is 0. The Hall–Kier alpha value is -2.89. The van der Waals surface area contributed by atoms with Crippen molar-refractivity contribution in [3.8, 4) is 0 Å². The molecule has 0 bridgehead atoms. The lowest BCUT2D eigenvalue weighted by Crippen LogP contribution is -2.61. The molecule has 0 radical (unpaired) electrons. The summed E-state index contributed by atoms with van der Waals surface area (Å²) in [5.41, 5.74) is 6.57. The summed E-state index contributed by atoms with van der Waals surface area (Å²) in [6, 6.07) is 13.0. The summed E-state index contributed by atoms with van der Waals surface area (Å²) >= 11 is 0. The number of nitrogens with two attached hydrogens (primary N) is 1. The van der Waals surface area contributed by atoms with E-state index >= 15 is 0 Å². The number of aromatic nitrogens is 1. The third kappa shape index (κ3) is 3.27. The zero-order chi connectivity index (χ0) is 18.6. The van der Waals surface area contributed by atoms with Gasteiger partial charge in [0.05, 0.1) is 0 Å². The number of likely N-dealkylation sites (tertiary alicyclic amines) is 1. The molecule has 1 aliphatic rings. The molecule has 1 aliphatic heterocycles. The Kier molecular flexibility index (Phi) is 5.21. The zero-order valence-electron chi connectivity index (χ0n) is 14.9. The molecule has 1 fully saturated rings. The van der Waals surface area contributed by atoms with Crippen molar-refractivity contribution in [2.75, 3.05) is 6.54 Å². The van der Waals surface area contributed by atoms with E-state index in [1.807, 2.05) is 49.4 Å². The van der Waals surface area contributed by atoms with Crippen molar-refractivity contribution < 1.29 is 9.59 Å². The molecule has 2 atom stereocenters. The van der Waals surface area contributed by atoms with Gasteiger partial charge in [0.1, 0.15) is 5.54 Å². The number of nitrogens with zero attached hydrogens (tertiary/aromatic N) is 2. The molecule has 2 aromatic rings. The first kappa shape index (κ1) is 17.9. The molecule has 6 heteroatoms.